The third-order valence-electron chi connectivity index (χ3n) is 5.23. The minimum atomic E-state index is -0.611. The molecular formula is C23H19N3O3. The molecule has 0 saturated heterocycles. The van der Waals surface area contributed by atoms with Gasteiger partial charge in [-0.05, 0) is 51.7 Å². The lowest BCUT2D eigenvalue weighted by Gasteiger charge is -2.15. The standard InChI is InChI=1S/C23H19N3O3/c1-13(21(24)27)11-26-12-20-18(23(26)29)9-8-15-4-7-17(10-19(15)20)14-2-5-16(6-3-14)22(25)28/h2-10H,1,11-12H2,(H2,24,27)(H2,25,28). The normalized spacial score (nSPS) is 12.8. The Morgan fingerprint density at radius 3 is 2.28 bits per heavy atom. The van der Waals surface area contributed by atoms with E-state index in [1.165, 1.54) is 0 Å². The molecule has 1 aliphatic rings. The predicted octanol–water partition coefficient (Wildman–Crippen LogP) is 2.60. The average Bonchev–Trinajstić information content (AvgIpc) is 3.03. The Labute approximate surface area is 167 Å². The molecule has 1 aliphatic heterocycles. The van der Waals surface area contributed by atoms with Crippen LogP contribution in [0.25, 0.3) is 21.9 Å². The van der Waals surface area contributed by atoms with Crippen LogP contribution in [0.5, 0.6) is 0 Å². The molecular weight excluding hydrogens is 366 g/mol. The van der Waals surface area contributed by atoms with Crippen LogP contribution in [0.3, 0.4) is 0 Å². The van der Waals surface area contributed by atoms with Crippen molar-refractivity contribution >= 4 is 28.5 Å². The van der Waals surface area contributed by atoms with Crippen molar-refractivity contribution in [3.63, 3.8) is 0 Å². The Hall–Kier alpha value is -3.93. The van der Waals surface area contributed by atoms with Gasteiger partial charge in [-0.2, -0.15) is 0 Å². The van der Waals surface area contributed by atoms with Crippen molar-refractivity contribution in [1.29, 1.82) is 0 Å². The third-order valence-corrected chi connectivity index (χ3v) is 5.23. The van der Waals surface area contributed by atoms with E-state index in [0.29, 0.717) is 17.7 Å². The number of hydrogen-bond donors (Lipinski definition) is 2. The quantitative estimate of drug-likeness (QED) is 0.659. The van der Waals surface area contributed by atoms with Gasteiger partial charge in [0, 0.05) is 23.2 Å². The smallest absolute Gasteiger partial charge is 0.254 e. The van der Waals surface area contributed by atoms with Crippen molar-refractivity contribution in [2.75, 3.05) is 6.54 Å². The third kappa shape index (κ3) is 3.25. The number of carbonyl (C=O) groups excluding carboxylic acids is 3. The van der Waals surface area contributed by atoms with E-state index in [9.17, 15) is 14.4 Å². The Morgan fingerprint density at radius 2 is 1.62 bits per heavy atom. The van der Waals surface area contributed by atoms with Gasteiger partial charge < -0.3 is 16.4 Å². The van der Waals surface area contributed by atoms with E-state index in [2.05, 4.69) is 6.58 Å². The topological polar surface area (TPSA) is 106 Å². The Balaban J connectivity index is 1.73. The number of amides is 3. The maximum atomic E-state index is 12.7. The summed E-state index contributed by atoms with van der Waals surface area (Å²) >= 11 is 0. The summed E-state index contributed by atoms with van der Waals surface area (Å²) in [5.74, 6) is -1.22. The largest absolute Gasteiger partial charge is 0.366 e. The number of benzene rings is 3. The second-order valence-electron chi connectivity index (χ2n) is 7.10. The summed E-state index contributed by atoms with van der Waals surface area (Å²) in [6.07, 6.45) is 0. The predicted molar refractivity (Wildman–Crippen MR) is 111 cm³/mol. The number of rotatable bonds is 5. The molecule has 3 aromatic carbocycles. The second-order valence-corrected chi connectivity index (χ2v) is 7.10. The molecule has 144 valence electrons. The SMILES string of the molecule is C=C(CN1Cc2c(ccc3ccc(-c4ccc(C(N)=O)cc4)cc23)C1=O)C(N)=O. The monoisotopic (exact) mass is 385 g/mol. The Bertz CT molecular complexity index is 1200. The van der Waals surface area contributed by atoms with Crippen molar-refractivity contribution < 1.29 is 14.4 Å². The number of nitrogens with zero attached hydrogens (tertiary/aromatic N) is 1. The molecule has 3 amide bonds. The molecule has 0 aliphatic carbocycles. The molecule has 0 fully saturated rings. The number of primary amides is 2. The highest BCUT2D eigenvalue weighted by molar-refractivity contribution is 6.05. The number of hydrogen-bond acceptors (Lipinski definition) is 3. The van der Waals surface area contributed by atoms with Gasteiger partial charge in [-0.3, -0.25) is 14.4 Å². The lowest BCUT2D eigenvalue weighted by molar-refractivity contribution is -0.114. The number of nitrogens with two attached hydrogens (primary N) is 2. The zero-order valence-corrected chi connectivity index (χ0v) is 15.6. The van der Waals surface area contributed by atoms with E-state index in [4.69, 9.17) is 11.5 Å². The summed E-state index contributed by atoms with van der Waals surface area (Å²) in [7, 11) is 0. The van der Waals surface area contributed by atoms with Gasteiger partial charge in [-0.15, -0.1) is 0 Å². The van der Waals surface area contributed by atoms with Gasteiger partial charge in [0.2, 0.25) is 11.8 Å². The highest BCUT2D eigenvalue weighted by atomic mass is 16.2. The highest BCUT2D eigenvalue weighted by Crippen LogP contribution is 2.33. The molecule has 0 radical (unpaired) electrons. The van der Waals surface area contributed by atoms with E-state index < -0.39 is 11.8 Å². The molecule has 0 unspecified atom stereocenters. The Morgan fingerprint density at radius 1 is 0.966 bits per heavy atom. The molecule has 0 saturated carbocycles. The van der Waals surface area contributed by atoms with Gasteiger partial charge in [0.05, 0.1) is 6.54 Å². The molecule has 0 bridgehead atoms. The van der Waals surface area contributed by atoms with Crippen LogP contribution in [0, 0.1) is 0 Å². The molecule has 1 heterocycles. The first-order valence-corrected chi connectivity index (χ1v) is 9.08. The lowest BCUT2D eigenvalue weighted by Crippen LogP contribution is -2.30. The van der Waals surface area contributed by atoms with Crippen LogP contribution in [0.1, 0.15) is 26.3 Å². The molecule has 0 atom stereocenters. The second kappa shape index (κ2) is 6.91. The summed E-state index contributed by atoms with van der Waals surface area (Å²) in [6.45, 7) is 4.15. The van der Waals surface area contributed by atoms with Crippen LogP contribution in [-0.4, -0.2) is 29.2 Å². The fourth-order valence-corrected chi connectivity index (χ4v) is 3.63. The molecule has 3 aromatic rings. The number of fused-ring (bicyclic) bond motifs is 3. The summed E-state index contributed by atoms with van der Waals surface area (Å²) in [5.41, 5.74) is 14.7. The lowest BCUT2D eigenvalue weighted by atomic mass is 9.96. The van der Waals surface area contributed by atoms with Crippen LogP contribution in [-0.2, 0) is 11.3 Å². The number of carbonyl (C=O) groups is 3. The molecule has 0 spiro atoms. The molecule has 6 heteroatoms. The van der Waals surface area contributed by atoms with Crippen LogP contribution in [0.2, 0.25) is 0 Å². The zero-order chi connectivity index (χ0) is 20.7. The minimum Gasteiger partial charge on any atom is -0.366 e. The highest BCUT2D eigenvalue weighted by Gasteiger charge is 2.29. The first kappa shape index (κ1) is 18.4. The van der Waals surface area contributed by atoms with Gasteiger partial charge >= 0.3 is 0 Å². The Kier molecular flexibility index (Phi) is 4.39. The van der Waals surface area contributed by atoms with Gasteiger partial charge in [0.1, 0.15) is 0 Å². The van der Waals surface area contributed by atoms with E-state index in [1.54, 1.807) is 17.0 Å². The van der Waals surface area contributed by atoms with Gasteiger partial charge in [-0.25, -0.2) is 0 Å². The first-order valence-electron chi connectivity index (χ1n) is 9.08. The molecule has 4 rings (SSSR count). The molecule has 29 heavy (non-hydrogen) atoms. The van der Waals surface area contributed by atoms with Crippen molar-refractivity contribution in [2.45, 2.75) is 6.54 Å². The molecule has 0 aromatic heterocycles. The fourth-order valence-electron chi connectivity index (χ4n) is 3.63. The first-order chi connectivity index (χ1) is 13.8. The van der Waals surface area contributed by atoms with Gasteiger partial charge in [-0.1, -0.05) is 36.9 Å². The van der Waals surface area contributed by atoms with Crippen molar-refractivity contribution in [2.24, 2.45) is 11.5 Å². The summed E-state index contributed by atoms with van der Waals surface area (Å²) in [4.78, 5) is 36.9. The minimum absolute atomic E-state index is 0.110. The van der Waals surface area contributed by atoms with Gasteiger partial charge in [0.15, 0.2) is 0 Å². The average molecular weight is 385 g/mol. The van der Waals surface area contributed by atoms with Crippen molar-refractivity contribution in [3.8, 4) is 11.1 Å². The van der Waals surface area contributed by atoms with Crippen LogP contribution in [0.4, 0.5) is 0 Å². The van der Waals surface area contributed by atoms with Crippen molar-refractivity contribution in [1.82, 2.24) is 4.90 Å². The van der Waals surface area contributed by atoms with Crippen molar-refractivity contribution in [3.05, 3.63) is 83.4 Å². The van der Waals surface area contributed by atoms with Crippen LogP contribution < -0.4 is 11.5 Å². The summed E-state index contributed by atoms with van der Waals surface area (Å²) in [5, 5.41) is 1.99. The summed E-state index contributed by atoms with van der Waals surface area (Å²) < 4.78 is 0. The van der Waals surface area contributed by atoms with E-state index >= 15 is 0 Å². The summed E-state index contributed by atoms with van der Waals surface area (Å²) in [6, 6.07) is 16.8. The van der Waals surface area contributed by atoms with Crippen LogP contribution in [0.15, 0.2) is 66.7 Å². The van der Waals surface area contributed by atoms with E-state index in [-0.39, 0.29) is 18.0 Å². The van der Waals surface area contributed by atoms with E-state index in [0.717, 1.165) is 27.5 Å². The zero-order valence-electron chi connectivity index (χ0n) is 15.6. The van der Waals surface area contributed by atoms with Crippen LogP contribution >= 0.6 is 0 Å². The molecule has 4 N–H and O–H groups in total. The molecule has 6 nitrogen and oxygen atoms in total. The van der Waals surface area contributed by atoms with Gasteiger partial charge in [0.25, 0.3) is 5.91 Å². The maximum Gasteiger partial charge on any atom is 0.254 e. The fraction of sp³-hybridized carbons (Fsp3) is 0.0870. The maximum absolute atomic E-state index is 12.7. The van der Waals surface area contributed by atoms with E-state index in [1.807, 2.05) is 42.5 Å².